The fourth-order valence-electron chi connectivity index (χ4n) is 2.94. The van der Waals surface area contributed by atoms with E-state index in [4.69, 9.17) is 14.2 Å². The zero-order valence-electron chi connectivity index (χ0n) is 15.8. The van der Waals surface area contributed by atoms with Crippen LogP contribution in [0.25, 0.3) is 0 Å². The minimum Gasteiger partial charge on any atom is -0.493 e. The smallest absolute Gasteiger partial charge is 0.493 e. The molecule has 0 spiro atoms. The van der Waals surface area contributed by atoms with Crippen molar-refractivity contribution in [3.05, 3.63) is 41.5 Å². The van der Waals surface area contributed by atoms with E-state index in [0.29, 0.717) is 5.56 Å². The standard InChI is InChI=1S/C20H16F5NO4/c1-11-5-13(28-14-8-19(21,22)9-14)7-17(15(11)10-26)29-16-4-3-12(6-18(16)27-2)30-20(23,24)25/h3-7,14H,8-9H2,1-2H3. The molecule has 0 atom stereocenters. The highest BCUT2D eigenvalue weighted by atomic mass is 19.4. The Kier molecular flexibility index (Phi) is 5.65. The number of benzene rings is 2. The lowest BCUT2D eigenvalue weighted by molar-refractivity contribution is -0.274. The molecule has 0 amide bonds. The second-order valence-corrected chi connectivity index (χ2v) is 6.69. The van der Waals surface area contributed by atoms with E-state index >= 15 is 0 Å². The molecule has 1 aliphatic carbocycles. The molecule has 2 aromatic rings. The van der Waals surface area contributed by atoms with Crippen molar-refractivity contribution in [1.82, 2.24) is 0 Å². The molecule has 10 heteroatoms. The van der Waals surface area contributed by atoms with E-state index in [-0.39, 0.29) is 28.6 Å². The molecule has 1 fully saturated rings. The number of aryl methyl sites for hydroxylation is 1. The second kappa shape index (κ2) is 7.89. The largest absolute Gasteiger partial charge is 0.573 e. The molecule has 0 radical (unpaired) electrons. The third-order valence-corrected chi connectivity index (χ3v) is 4.33. The van der Waals surface area contributed by atoms with Gasteiger partial charge in [-0.3, -0.25) is 0 Å². The summed E-state index contributed by atoms with van der Waals surface area (Å²) in [6.07, 6.45) is -6.34. The van der Waals surface area contributed by atoms with Crippen molar-refractivity contribution in [3.63, 3.8) is 0 Å². The summed E-state index contributed by atoms with van der Waals surface area (Å²) in [4.78, 5) is 0. The van der Waals surface area contributed by atoms with Gasteiger partial charge in [0.1, 0.15) is 29.4 Å². The van der Waals surface area contributed by atoms with Crippen molar-refractivity contribution in [2.75, 3.05) is 7.11 Å². The first-order valence-electron chi connectivity index (χ1n) is 8.70. The Balaban J connectivity index is 1.87. The third-order valence-electron chi connectivity index (χ3n) is 4.33. The molecule has 1 aliphatic rings. The molecular formula is C20H16F5NO4. The van der Waals surface area contributed by atoms with Crippen LogP contribution in [0.15, 0.2) is 30.3 Å². The lowest BCUT2D eigenvalue weighted by Gasteiger charge is -2.35. The Bertz CT molecular complexity index is 976. The van der Waals surface area contributed by atoms with Gasteiger partial charge in [-0.1, -0.05) is 0 Å². The average Bonchev–Trinajstić information content (AvgIpc) is 2.60. The Morgan fingerprint density at radius 2 is 1.70 bits per heavy atom. The molecule has 0 saturated heterocycles. The normalized spacial score (nSPS) is 15.7. The van der Waals surface area contributed by atoms with Gasteiger partial charge < -0.3 is 18.9 Å². The van der Waals surface area contributed by atoms with Crippen molar-refractivity contribution in [2.45, 2.75) is 38.2 Å². The van der Waals surface area contributed by atoms with E-state index < -0.39 is 37.0 Å². The van der Waals surface area contributed by atoms with Crippen molar-refractivity contribution >= 4 is 0 Å². The molecule has 0 N–H and O–H groups in total. The van der Waals surface area contributed by atoms with E-state index in [2.05, 4.69) is 4.74 Å². The monoisotopic (exact) mass is 429 g/mol. The predicted molar refractivity (Wildman–Crippen MR) is 94.2 cm³/mol. The molecule has 2 aromatic carbocycles. The second-order valence-electron chi connectivity index (χ2n) is 6.69. The summed E-state index contributed by atoms with van der Waals surface area (Å²) >= 11 is 0. The SMILES string of the molecule is COc1cc(OC(F)(F)F)ccc1Oc1cc(OC2CC(F)(F)C2)cc(C)c1C#N. The highest BCUT2D eigenvalue weighted by molar-refractivity contribution is 5.56. The molecule has 5 nitrogen and oxygen atoms in total. The summed E-state index contributed by atoms with van der Waals surface area (Å²) in [7, 11) is 1.23. The summed E-state index contributed by atoms with van der Waals surface area (Å²) in [6.45, 7) is 1.62. The van der Waals surface area contributed by atoms with Crippen LogP contribution in [0.3, 0.4) is 0 Å². The Morgan fingerprint density at radius 3 is 2.27 bits per heavy atom. The summed E-state index contributed by atoms with van der Waals surface area (Å²) in [6, 6.07) is 8.06. The first-order chi connectivity index (χ1) is 14.0. The minimum absolute atomic E-state index is 0.0234. The summed E-state index contributed by atoms with van der Waals surface area (Å²) in [5.41, 5.74) is 0.631. The van der Waals surface area contributed by atoms with Crippen LogP contribution in [0, 0.1) is 18.3 Å². The molecule has 1 saturated carbocycles. The van der Waals surface area contributed by atoms with Gasteiger partial charge in [0.15, 0.2) is 11.5 Å². The maximum Gasteiger partial charge on any atom is 0.573 e. The molecule has 0 unspecified atom stereocenters. The molecule has 160 valence electrons. The summed E-state index contributed by atoms with van der Waals surface area (Å²) in [5.74, 6) is -3.02. The van der Waals surface area contributed by atoms with Gasteiger partial charge in [0.25, 0.3) is 5.92 Å². The van der Waals surface area contributed by atoms with Gasteiger partial charge in [0.05, 0.1) is 12.7 Å². The van der Waals surface area contributed by atoms with Gasteiger partial charge >= 0.3 is 6.36 Å². The number of nitriles is 1. The van der Waals surface area contributed by atoms with Gasteiger partial charge in [0.2, 0.25) is 0 Å². The van der Waals surface area contributed by atoms with Gasteiger partial charge in [0, 0.05) is 25.0 Å². The van der Waals surface area contributed by atoms with Gasteiger partial charge in [-0.05, 0) is 30.7 Å². The van der Waals surface area contributed by atoms with Gasteiger partial charge in [-0.25, -0.2) is 8.78 Å². The van der Waals surface area contributed by atoms with E-state index in [1.54, 1.807) is 6.92 Å². The topological polar surface area (TPSA) is 60.7 Å². The lowest BCUT2D eigenvalue weighted by Crippen LogP contribution is -2.43. The fourth-order valence-corrected chi connectivity index (χ4v) is 2.94. The molecule has 0 heterocycles. The van der Waals surface area contributed by atoms with Crippen LogP contribution < -0.4 is 18.9 Å². The number of ether oxygens (including phenoxy) is 4. The number of rotatable bonds is 6. The first-order valence-corrected chi connectivity index (χ1v) is 8.70. The van der Waals surface area contributed by atoms with Crippen LogP contribution >= 0.6 is 0 Å². The van der Waals surface area contributed by atoms with E-state index in [9.17, 15) is 27.2 Å². The lowest BCUT2D eigenvalue weighted by atomic mass is 9.91. The Hall–Kier alpha value is -3.22. The van der Waals surface area contributed by atoms with Crippen molar-refractivity contribution in [3.8, 4) is 34.8 Å². The number of nitrogens with zero attached hydrogens (tertiary/aromatic N) is 1. The predicted octanol–water partition coefficient (Wildman–Crippen LogP) is 5.74. The molecule has 3 rings (SSSR count). The van der Waals surface area contributed by atoms with E-state index in [1.165, 1.54) is 25.3 Å². The molecule has 0 bridgehead atoms. The van der Waals surface area contributed by atoms with Crippen LogP contribution in [0.4, 0.5) is 22.0 Å². The molecule has 0 aromatic heterocycles. The quantitative estimate of drug-likeness (QED) is 0.548. The first kappa shape index (κ1) is 21.5. The Labute approximate surface area is 168 Å². The van der Waals surface area contributed by atoms with Crippen LogP contribution in [0.2, 0.25) is 0 Å². The minimum atomic E-state index is -4.87. The zero-order chi connectivity index (χ0) is 22.1. The van der Waals surface area contributed by atoms with Crippen molar-refractivity contribution in [2.24, 2.45) is 0 Å². The maximum atomic E-state index is 13.0. The van der Waals surface area contributed by atoms with E-state index in [0.717, 1.165) is 12.1 Å². The van der Waals surface area contributed by atoms with Gasteiger partial charge in [-0.2, -0.15) is 5.26 Å². The number of hydrogen-bond donors (Lipinski definition) is 0. The zero-order valence-corrected chi connectivity index (χ0v) is 15.8. The van der Waals surface area contributed by atoms with Crippen molar-refractivity contribution < 1.29 is 40.9 Å². The van der Waals surface area contributed by atoms with Crippen LogP contribution in [0.5, 0.6) is 28.7 Å². The van der Waals surface area contributed by atoms with Crippen molar-refractivity contribution in [1.29, 1.82) is 5.26 Å². The maximum absolute atomic E-state index is 13.0. The molecule has 0 aliphatic heterocycles. The number of alkyl halides is 5. The summed E-state index contributed by atoms with van der Waals surface area (Å²) < 4.78 is 83.4. The number of hydrogen-bond acceptors (Lipinski definition) is 5. The average molecular weight is 429 g/mol. The Morgan fingerprint density at radius 1 is 1.03 bits per heavy atom. The van der Waals surface area contributed by atoms with Crippen LogP contribution in [0.1, 0.15) is 24.0 Å². The number of methoxy groups -OCH3 is 1. The highest BCUT2D eigenvalue weighted by Gasteiger charge is 2.47. The van der Waals surface area contributed by atoms with Crippen LogP contribution in [-0.4, -0.2) is 25.5 Å². The summed E-state index contributed by atoms with van der Waals surface area (Å²) in [5, 5.41) is 9.43. The molecule has 30 heavy (non-hydrogen) atoms. The highest BCUT2D eigenvalue weighted by Crippen LogP contribution is 2.42. The van der Waals surface area contributed by atoms with E-state index in [1.807, 2.05) is 6.07 Å². The number of halogens is 5. The molecular weight excluding hydrogens is 413 g/mol. The van der Waals surface area contributed by atoms with Gasteiger partial charge in [-0.15, -0.1) is 13.2 Å². The fraction of sp³-hybridized carbons (Fsp3) is 0.350. The third kappa shape index (κ3) is 5.03. The van der Waals surface area contributed by atoms with Crippen LogP contribution in [-0.2, 0) is 0 Å².